The van der Waals surface area contributed by atoms with E-state index in [-0.39, 0.29) is 0 Å². The lowest BCUT2D eigenvalue weighted by Crippen LogP contribution is -1.98. The summed E-state index contributed by atoms with van der Waals surface area (Å²) in [4.78, 5) is 0. The van der Waals surface area contributed by atoms with Crippen LogP contribution < -0.4 is 5.73 Å². The molecule has 20 heavy (non-hydrogen) atoms. The second kappa shape index (κ2) is 5.31. The molecule has 3 rings (SSSR count). The maximum atomic E-state index is 5.75. The van der Waals surface area contributed by atoms with Gasteiger partial charge in [0.15, 0.2) is 0 Å². The van der Waals surface area contributed by atoms with Gasteiger partial charge in [-0.2, -0.15) is 0 Å². The summed E-state index contributed by atoms with van der Waals surface area (Å²) in [6, 6.07) is 18.6. The molecular formula is C17H16N2O. The molecule has 0 amide bonds. The van der Waals surface area contributed by atoms with Gasteiger partial charge >= 0.3 is 0 Å². The van der Waals surface area contributed by atoms with Gasteiger partial charge in [-0.25, -0.2) is 0 Å². The van der Waals surface area contributed by atoms with Crippen molar-refractivity contribution in [2.75, 3.05) is 0 Å². The van der Waals surface area contributed by atoms with Gasteiger partial charge in [0.25, 0.3) is 0 Å². The molecule has 0 saturated carbocycles. The fourth-order valence-electron chi connectivity index (χ4n) is 2.31. The van der Waals surface area contributed by atoms with Crippen LogP contribution in [0.15, 0.2) is 59.1 Å². The maximum Gasteiger partial charge on any atom is 0.138 e. The van der Waals surface area contributed by atoms with Crippen molar-refractivity contribution in [2.24, 2.45) is 5.73 Å². The molecule has 3 heteroatoms. The molecule has 0 aliphatic rings. The van der Waals surface area contributed by atoms with Gasteiger partial charge < -0.3 is 10.3 Å². The quantitative estimate of drug-likeness (QED) is 0.783. The monoisotopic (exact) mass is 264 g/mol. The molecule has 2 aromatic carbocycles. The lowest BCUT2D eigenvalue weighted by atomic mass is 10.0. The van der Waals surface area contributed by atoms with E-state index in [1.165, 1.54) is 11.1 Å². The van der Waals surface area contributed by atoms with Gasteiger partial charge in [0, 0.05) is 17.7 Å². The van der Waals surface area contributed by atoms with E-state index in [2.05, 4.69) is 41.6 Å². The Labute approximate surface area is 118 Å². The number of hydrogen-bond donors (Lipinski definition) is 1. The average molecular weight is 264 g/mol. The first-order valence-corrected chi connectivity index (χ1v) is 6.60. The average Bonchev–Trinajstić information content (AvgIpc) is 2.89. The molecule has 3 nitrogen and oxygen atoms in total. The lowest BCUT2D eigenvalue weighted by molar-refractivity contribution is 0.398. The molecule has 0 saturated heterocycles. The maximum absolute atomic E-state index is 5.75. The second-order valence-corrected chi connectivity index (χ2v) is 4.71. The van der Waals surface area contributed by atoms with Crippen molar-refractivity contribution < 1.29 is 4.52 Å². The van der Waals surface area contributed by atoms with Gasteiger partial charge in [0.05, 0.1) is 0 Å². The number of aryl methyl sites for hydroxylation is 1. The molecule has 0 aliphatic carbocycles. The lowest BCUT2D eigenvalue weighted by Gasteiger charge is -2.04. The van der Waals surface area contributed by atoms with E-state index in [0.717, 1.165) is 22.6 Å². The van der Waals surface area contributed by atoms with Crippen molar-refractivity contribution >= 4 is 0 Å². The molecule has 0 aliphatic heterocycles. The van der Waals surface area contributed by atoms with E-state index in [9.17, 15) is 0 Å². The van der Waals surface area contributed by atoms with E-state index in [0.29, 0.717) is 6.54 Å². The van der Waals surface area contributed by atoms with E-state index in [1.54, 1.807) is 0 Å². The van der Waals surface area contributed by atoms with Crippen molar-refractivity contribution in [2.45, 2.75) is 13.5 Å². The van der Waals surface area contributed by atoms with Crippen LogP contribution >= 0.6 is 0 Å². The van der Waals surface area contributed by atoms with Crippen molar-refractivity contribution in [3.63, 3.8) is 0 Å². The van der Waals surface area contributed by atoms with Crippen LogP contribution in [0.4, 0.5) is 0 Å². The van der Waals surface area contributed by atoms with Crippen LogP contribution in [0.1, 0.15) is 11.3 Å². The van der Waals surface area contributed by atoms with Gasteiger partial charge in [-0.3, -0.25) is 0 Å². The predicted octanol–water partition coefficient (Wildman–Crippen LogP) is 3.78. The van der Waals surface area contributed by atoms with Crippen LogP contribution in [0.5, 0.6) is 0 Å². The van der Waals surface area contributed by atoms with Gasteiger partial charge in [0.1, 0.15) is 11.5 Å². The standard InChI is InChI=1S/C17H16N2O/c1-12-16(11-18)17(19-20-12)15-9-7-14(8-10-15)13-5-3-2-4-6-13/h2-10H,11,18H2,1H3. The first-order valence-electron chi connectivity index (χ1n) is 6.60. The molecule has 100 valence electrons. The van der Waals surface area contributed by atoms with Gasteiger partial charge in [0.2, 0.25) is 0 Å². The summed E-state index contributed by atoms with van der Waals surface area (Å²) in [7, 11) is 0. The molecule has 3 aromatic rings. The van der Waals surface area contributed by atoms with Crippen LogP contribution in [-0.4, -0.2) is 5.16 Å². The molecule has 0 radical (unpaired) electrons. The first-order chi connectivity index (χ1) is 9.79. The number of benzene rings is 2. The zero-order valence-corrected chi connectivity index (χ0v) is 11.3. The first kappa shape index (κ1) is 12.6. The number of rotatable bonds is 3. The topological polar surface area (TPSA) is 52.0 Å². The number of nitrogens with two attached hydrogens (primary N) is 1. The summed E-state index contributed by atoms with van der Waals surface area (Å²) in [5.41, 5.74) is 11.0. The zero-order valence-electron chi connectivity index (χ0n) is 11.3. The van der Waals surface area contributed by atoms with Gasteiger partial charge in [-0.1, -0.05) is 59.8 Å². The van der Waals surface area contributed by atoms with Crippen LogP contribution in [0, 0.1) is 6.92 Å². The summed E-state index contributed by atoms with van der Waals surface area (Å²) < 4.78 is 5.23. The van der Waals surface area contributed by atoms with E-state index < -0.39 is 0 Å². The predicted molar refractivity (Wildman–Crippen MR) is 80.0 cm³/mol. The SMILES string of the molecule is Cc1onc(-c2ccc(-c3ccccc3)cc2)c1CN. The van der Waals surface area contributed by atoms with E-state index in [1.807, 2.05) is 25.1 Å². The zero-order chi connectivity index (χ0) is 13.9. The largest absolute Gasteiger partial charge is 0.361 e. The summed E-state index contributed by atoms with van der Waals surface area (Å²) in [6.45, 7) is 2.32. The Morgan fingerprint density at radius 1 is 0.900 bits per heavy atom. The van der Waals surface area contributed by atoms with Crippen LogP contribution in [-0.2, 0) is 6.54 Å². The van der Waals surface area contributed by atoms with Gasteiger partial charge in [-0.15, -0.1) is 0 Å². The molecule has 0 spiro atoms. The molecule has 2 N–H and O–H groups in total. The van der Waals surface area contributed by atoms with Crippen molar-refractivity contribution in [1.82, 2.24) is 5.16 Å². The van der Waals surface area contributed by atoms with E-state index >= 15 is 0 Å². The molecule has 0 atom stereocenters. The van der Waals surface area contributed by atoms with Crippen molar-refractivity contribution in [3.8, 4) is 22.4 Å². The smallest absolute Gasteiger partial charge is 0.138 e. The highest BCUT2D eigenvalue weighted by molar-refractivity contribution is 5.70. The fourth-order valence-corrected chi connectivity index (χ4v) is 2.31. The Hall–Kier alpha value is -2.39. The summed E-state index contributed by atoms with van der Waals surface area (Å²) in [5, 5.41) is 4.10. The molecular weight excluding hydrogens is 248 g/mol. The third kappa shape index (κ3) is 2.24. The number of nitrogens with zero attached hydrogens (tertiary/aromatic N) is 1. The van der Waals surface area contributed by atoms with Crippen LogP contribution in [0.2, 0.25) is 0 Å². The second-order valence-electron chi connectivity index (χ2n) is 4.71. The van der Waals surface area contributed by atoms with Crippen molar-refractivity contribution in [1.29, 1.82) is 0 Å². The minimum absolute atomic E-state index is 0.436. The Morgan fingerprint density at radius 2 is 1.50 bits per heavy atom. The fraction of sp³-hybridized carbons (Fsp3) is 0.118. The highest BCUT2D eigenvalue weighted by Gasteiger charge is 2.12. The molecule has 0 bridgehead atoms. The highest BCUT2D eigenvalue weighted by Crippen LogP contribution is 2.27. The number of aromatic nitrogens is 1. The van der Waals surface area contributed by atoms with E-state index in [4.69, 9.17) is 10.3 Å². The normalized spacial score (nSPS) is 10.7. The summed E-state index contributed by atoms with van der Waals surface area (Å²) in [6.07, 6.45) is 0. The molecule has 1 heterocycles. The Morgan fingerprint density at radius 3 is 2.15 bits per heavy atom. The summed E-state index contributed by atoms with van der Waals surface area (Å²) in [5.74, 6) is 0.787. The van der Waals surface area contributed by atoms with Crippen LogP contribution in [0.3, 0.4) is 0 Å². The Kier molecular flexibility index (Phi) is 3.35. The Balaban J connectivity index is 1.97. The summed E-state index contributed by atoms with van der Waals surface area (Å²) >= 11 is 0. The third-order valence-electron chi connectivity index (χ3n) is 3.45. The highest BCUT2D eigenvalue weighted by atomic mass is 16.5. The third-order valence-corrected chi connectivity index (χ3v) is 3.45. The molecule has 0 fully saturated rings. The Bertz CT molecular complexity index is 700. The molecule has 0 unspecified atom stereocenters. The minimum Gasteiger partial charge on any atom is -0.361 e. The number of hydrogen-bond acceptors (Lipinski definition) is 3. The van der Waals surface area contributed by atoms with Gasteiger partial charge in [-0.05, 0) is 18.1 Å². The van der Waals surface area contributed by atoms with Crippen molar-refractivity contribution in [3.05, 3.63) is 65.9 Å². The minimum atomic E-state index is 0.436. The van der Waals surface area contributed by atoms with Crippen LogP contribution in [0.25, 0.3) is 22.4 Å². The molecule has 1 aromatic heterocycles.